The first-order valence-electron chi connectivity index (χ1n) is 7.03. The minimum absolute atomic E-state index is 0. The molecule has 1 aromatic carbocycles. The number of thioether (sulfide) groups is 1. The topological polar surface area (TPSA) is 55.1 Å². The average Bonchev–Trinajstić information content (AvgIpc) is 2.45. The predicted molar refractivity (Wildman–Crippen MR) is 89.5 cm³/mol. The largest absolute Gasteiger partial charge is 0.352 e. The van der Waals surface area contributed by atoms with Gasteiger partial charge in [-0.05, 0) is 30.7 Å². The lowest BCUT2D eigenvalue weighted by Crippen LogP contribution is -2.40. The van der Waals surface area contributed by atoms with Crippen LogP contribution in [0.15, 0.2) is 29.2 Å². The maximum Gasteiger partial charge on any atom is 0.221 e. The molecule has 21 heavy (non-hydrogen) atoms. The van der Waals surface area contributed by atoms with Crippen molar-refractivity contribution in [1.29, 1.82) is 0 Å². The lowest BCUT2D eigenvalue weighted by atomic mass is 10.1. The molecule has 1 amide bonds. The smallest absolute Gasteiger partial charge is 0.221 e. The van der Waals surface area contributed by atoms with Gasteiger partial charge in [0.05, 0.1) is 0 Å². The highest BCUT2D eigenvalue weighted by Gasteiger charge is 2.09. The highest BCUT2D eigenvalue weighted by atomic mass is 35.5. The van der Waals surface area contributed by atoms with Crippen LogP contribution in [0.1, 0.15) is 32.6 Å². The number of benzene rings is 1. The molecule has 3 nitrogen and oxygen atoms in total. The summed E-state index contributed by atoms with van der Waals surface area (Å²) in [6, 6.07) is 6.39. The number of unbranched alkanes of at least 4 members (excludes halogenated alkanes) is 1. The molecule has 3 N–H and O–H groups in total. The van der Waals surface area contributed by atoms with Crippen LogP contribution in [-0.4, -0.2) is 24.2 Å². The Morgan fingerprint density at radius 2 is 2.05 bits per heavy atom. The van der Waals surface area contributed by atoms with Crippen LogP contribution < -0.4 is 11.1 Å². The summed E-state index contributed by atoms with van der Waals surface area (Å²) in [5.41, 5.74) is 5.64. The molecule has 0 radical (unpaired) electrons. The third-order valence-corrected chi connectivity index (χ3v) is 3.98. The van der Waals surface area contributed by atoms with E-state index in [-0.39, 0.29) is 30.2 Å². The summed E-state index contributed by atoms with van der Waals surface area (Å²) in [6.45, 7) is 2.60. The van der Waals surface area contributed by atoms with Gasteiger partial charge in [0.25, 0.3) is 0 Å². The number of carbonyl (C=O) groups is 1. The molecule has 1 aromatic rings. The van der Waals surface area contributed by atoms with E-state index < -0.39 is 0 Å². The molecule has 0 saturated carbocycles. The van der Waals surface area contributed by atoms with Gasteiger partial charge in [-0.15, -0.1) is 24.2 Å². The van der Waals surface area contributed by atoms with Crippen LogP contribution in [-0.2, 0) is 4.79 Å². The Bertz CT molecular complexity index is 403. The number of carbonyl (C=O) groups excluding carboxylic acids is 1. The number of nitrogens with two attached hydrogens (primary N) is 1. The van der Waals surface area contributed by atoms with Crippen molar-refractivity contribution in [3.63, 3.8) is 0 Å². The first-order chi connectivity index (χ1) is 9.65. The van der Waals surface area contributed by atoms with E-state index in [2.05, 4.69) is 12.2 Å². The Morgan fingerprint density at radius 1 is 1.38 bits per heavy atom. The summed E-state index contributed by atoms with van der Waals surface area (Å²) in [7, 11) is 0. The molecule has 0 spiro atoms. The van der Waals surface area contributed by atoms with E-state index in [0.717, 1.165) is 24.2 Å². The molecule has 120 valence electrons. The zero-order chi connectivity index (χ0) is 14.8. The van der Waals surface area contributed by atoms with Crippen molar-refractivity contribution >= 4 is 30.1 Å². The second-order valence-corrected chi connectivity index (χ2v) is 5.86. The number of halogens is 2. The molecule has 1 atom stereocenters. The molecular weight excluding hydrogens is 311 g/mol. The lowest BCUT2D eigenvalue weighted by Gasteiger charge is -2.16. The molecular formula is C15H24ClFN2OS. The van der Waals surface area contributed by atoms with Gasteiger partial charge in [-0.25, -0.2) is 4.39 Å². The number of nitrogens with one attached hydrogen (secondary N) is 1. The maximum absolute atomic E-state index is 12.7. The zero-order valence-corrected chi connectivity index (χ0v) is 13.9. The van der Waals surface area contributed by atoms with Crippen LogP contribution >= 0.6 is 24.2 Å². The van der Waals surface area contributed by atoms with Crippen molar-refractivity contribution in [1.82, 2.24) is 5.32 Å². The zero-order valence-electron chi connectivity index (χ0n) is 12.3. The number of amides is 1. The van der Waals surface area contributed by atoms with Gasteiger partial charge < -0.3 is 11.1 Å². The molecule has 6 heteroatoms. The fraction of sp³-hybridized carbons (Fsp3) is 0.533. The Kier molecular flexibility index (Phi) is 11.4. The minimum Gasteiger partial charge on any atom is -0.352 e. The Labute approximate surface area is 136 Å². The molecule has 1 rings (SSSR count). The van der Waals surface area contributed by atoms with Gasteiger partial charge in [-0.2, -0.15) is 0 Å². The number of hydrogen-bond donors (Lipinski definition) is 2. The second-order valence-electron chi connectivity index (χ2n) is 4.69. The molecule has 0 saturated heterocycles. The fourth-order valence-electron chi connectivity index (χ4n) is 1.79. The number of rotatable bonds is 9. The van der Waals surface area contributed by atoms with Gasteiger partial charge in [-0.3, -0.25) is 4.79 Å². The molecule has 0 aliphatic carbocycles. The van der Waals surface area contributed by atoms with Crippen LogP contribution in [0.5, 0.6) is 0 Å². The molecule has 0 aliphatic rings. The molecule has 1 unspecified atom stereocenters. The maximum atomic E-state index is 12.7. The fourth-order valence-corrected chi connectivity index (χ4v) is 2.64. The van der Waals surface area contributed by atoms with Crippen LogP contribution in [0.25, 0.3) is 0 Å². The summed E-state index contributed by atoms with van der Waals surface area (Å²) >= 11 is 1.55. The van der Waals surface area contributed by atoms with E-state index >= 15 is 0 Å². The van der Waals surface area contributed by atoms with Crippen molar-refractivity contribution in [2.45, 2.75) is 43.5 Å². The van der Waals surface area contributed by atoms with Crippen LogP contribution in [0.4, 0.5) is 4.39 Å². The van der Waals surface area contributed by atoms with Gasteiger partial charge in [0.2, 0.25) is 5.91 Å². The normalized spacial score (nSPS) is 11.6. The standard InChI is InChI=1S/C15H23FN2OS.ClH/c1-2-3-4-13(11-17)18-15(19)9-10-20-14-7-5-12(16)6-8-14;/h5-8,13H,2-4,9-11,17H2,1H3,(H,18,19);1H. The quantitative estimate of drug-likeness (QED) is 0.681. The number of hydrogen-bond acceptors (Lipinski definition) is 3. The third kappa shape index (κ3) is 8.96. The van der Waals surface area contributed by atoms with E-state index in [0.29, 0.717) is 18.7 Å². The first kappa shape index (κ1) is 20.2. The van der Waals surface area contributed by atoms with Crippen LogP contribution in [0.3, 0.4) is 0 Å². The van der Waals surface area contributed by atoms with E-state index in [1.807, 2.05) is 0 Å². The van der Waals surface area contributed by atoms with Crippen LogP contribution in [0, 0.1) is 5.82 Å². The van der Waals surface area contributed by atoms with Crippen LogP contribution in [0.2, 0.25) is 0 Å². The second kappa shape index (κ2) is 11.8. The summed E-state index contributed by atoms with van der Waals surface area (Å²) in [5.74, 6) is 0.475. The Hall–Kier alpha value is -0.780. The van der Waals surface area contributed by atoms with Crippen molar-refractivity contribution < 1.29 is 9.18 Å². The monoisotopic (exact) mass is 334 g/mol. The van der Waals surface area contributed by atoms with E-state index in [9.17, 15) is 9.18 Å². The molecule has 0 aliphatic heterocycles. The van der Waals surface area contributed by atoms with Crippen molar-refractivity contribution in [3.05, 3.63) is 30.1 Å². The first-order valence-corrected chi connectivity index (χ1v) is 8.02. The SMILES string of the molecule is CCCCC(CN)NC(=O)CCSc1ccc(F)cc1.Cl. The Balaban J connectivity index is 0.00000400. The van der Waals surface area contributed by atoms with E-state index in [1.54, 1.807) is 23.9 Å². The van der Waals surface area contributed by atoms with Gasteiger partial charge in [0, 0.05) is 29.7 Å². The van der Waals surface area contributed by atoms with Crippen molar-refractivity contribution in [3.8, 4) is 0 Å². The van der Waals surface area contributed by atoms with Gasteiger partial charge in [0.15, 0.2) is 0 Å². The van der Waals surface area contributed by atoms with Gasteiger partial charge in [0.1, 0.15) is 5.82 Å². The van der Waals surface area contributed by atoms with E-state index in [1.165, 1.54) is 12.1 Å². The van der Waals surface area contributed by atoms with Crippen molar-refractivity contribution in [2.75, 3.05) is 12.3 Å². The highest BCUT2D eigenvalue weighted by molar-refractivity contribution is 7.99. The molecule has 0 heterocycles. The lowest BCUT2D eigenvalue weighted by molar-refractivity contribution is -0.121. The van der Waals surface area contributed by atoms with E-state index in [4.69, 9.17) is 5.73 Å². The van der Waals surface area contributed by atoms with Gasteiger partial charge in [-0.1, -0.05) is 19.8 Å². The molecule has 0 bridgehead atoms. The summed E-state index contributed by atoms with van der Waals surface area (Å²) in [5, 5.41) is 2.96. The molecule has 0 aromatic heterocycles. The minimum atomic E-state index is -0.242. The summed E-state index contributed by atoms with van der Waals surface area (Å²) in [4.78, 5) is 12.8. The third-order valence-electron chi connectivity index (χ3n) is 2.97. The predicted octanol–water partition coefficient (Wildman–Crippen LogP) is 3.36. The highest BCUT2D eigenvalue weighted by Crippen LogP contribution is 2.18. The summed E-state index contributed by atoms with van der Waals surface area (Å²) < 4.78 is 12.7. The molecule has 0 fully saturated rings. The summed E-state index contributed by atoms with van der Waals surface area (Å²) in [6.07, 6.45) is 3.56. The van der Waals surface area contributed by atoms with Crippen molar-refractivity contribution in [2.24, 2.45) is 5.73 Å². The van der Waals surface area contributed by atoms with Gasteiger partial charge >= 0.3 is 0 Å². The average molecular weight is 335 g/mol. The Morgan fingerprint density at radius 3 is 2.62 bits per heavy atom.